The Morgan fingerprint density at radius 2 is 1.82 bits per heavy atom. The highest BCUT2D eigenvalue weighted by molar-refractivity contribution is 6.08. The number of nitrogens with one attached hydrogen (secondary N) is 2. The van der Waals surface area contributed by atoms with Gasteiger partial charge in [-0.3, -0.25) is 9.59 Å². The number of benzene rings is 2. The van der Waals surface area contributed by atoms with E-state index in [0.717, 1.165) is 36.4 Å². The molecule has 0 bridgehead atoms. The van der Waals surface area contributed by atoms with Crippen LogP contribution in [0.2, 0.25) is 0 Å². The van der Waals surface area contributed by atoms with E-state index in [0.29, 0.717) is 16.7 Å². The molecule has 2 aromatic carbocycles. The van der Waals surface area contributed by atoms with Gasteiger partial charge in [0.15, 0.2) is 5.78 Å². The number of ketones is 1. The number of aromatic nitrogens is 1. The largest absolute Gasteiger partial charge is 0.390 e. The Kier molecular flexibility index (Phi) is 8.52. The Labute approximate surface area is 198 Å². The van der Waals surface area contributed by atoms with Crippen molar-refractivity contribution in [2.75, 3.05) is 13.6 Å². The number of aryl methyl sites for hydroxylation is 1. The average Bonchev–Trinajstić information content (AvgIpc) is 3.14. The molecule has 0 aliphatic carbocycles. The number of nitrogens with zero attached hydrogens (tertiary/aromatic N) is 1. The topological polar surface area (TPSA) is 83.4 Å². The van der Waals surface area contributed by atoms with Gasteiger partial charge >= 0.3 is 0 Å². The van der Waals surface area contributed by atoms with E-state index < -0.39 is 29.7 Å². The van der Waals surface area contributed by atoms with Crippen LogP contribution in [-0.2, 0) is 13.0 Å². The summed E-state index contributed by atoms with van der Waals surface area (Å²) in [6.45, 7) is 4.50. The molecule has 1 aromatic heterocycles. The maximum Gasteiger partial charge on any atom is 0.251 e. The zero-order valence-electron chi connectivity index (χ0n) is 19.7. The number of likely N-dealkylation sites (N-methyl/N-ethyl adjacent to an activating group) is 1. The Morgan fingerprint density at radius 3 is 2.44 bits per heavy atom. The molecule has 0 unspecified atom stereocenters. The first-order valence-electron chi connectivity index (χ1n) is 11.5. The number of unbranched alkanes of at least 4 members (excludes halogenated alkanes) is 1. The number of aliphatic hydroxyl groups excluding tert-OH is 1. The number of Topliss-reactive ketones (excluding diaryl/α,β-unsaturated/α-hetero) is 1. The van der Waals surface area contributed by atoms with Gasteiger partial charge in [0.25, 0.3) is 5.91 Å². The second-order valence-electron chi connectivity index (χ2n) is 8.56. The number of halogens is 2. The fraction of sp³-hybridized carbons (Fsp3) is 0.385. The van der Waals surface area contributed by atoms with Crippen LogP contribution in [0.1, 0.15) is 53.0 Å². The van der Waals surface area contributed by atoms with Gasteiger partial charge < -0.3 is 20.3 Å². The molecule has 0 fully saturated rings. The summed E-state index contributed by atoms with van der Waals surface area (Å²) >= 11 is 0. The number of fused-ring (bicyclic) bond motifs is 1. The van der Waals surface area contributed by atoms with Gasteiger partial charge in [-0.05, 0) is 56.6 Å². The predicted molar refractivity (Wildman–Crippen MR) is 128 cm³/mol. The molecular formula is C26H31F2N3O3. The second-order valence-corrected chi connectivity index (χ2v) is 8.56. The number of rotatable bonds is 11. The third-order valence-corrected chi connectivity index (χ3v) is 5.85. The van der Waals surface area contributed by atoms with E-state index in [1.165, 1.54) is 19.1 Å². The molecule has 2 atom stereocenters. The summed E-state index contributed by atoms with van der Waals surface area (Å²) in [5, 5.41) is 17.0. The zero-order valence-corrected chi connectivity index (χ0v) is 19.7. The molecule has 8 heteroatoms. The predicted octanol–water partition coefficient (Wildman–Crippen LogP) is 3.84. The maximum atomic E-state index is 13.7. The van der Waals surface area contributed by atoms with Gasteiger partial charge in [-0.15, -0.1) is 0 Å². The van der Waals surface area contributed by atoms with Crippen molar-refractivity contribution in [1.82, 2.24) is 15.2 Å². The molecule has 6 nitrogen and oxygen atoms in total. The molecule has 0 aliphatic heterocycles. The summed E-state index contributed by atoms with van der Waals surface area (Å²) in [5.41, 5.74) is 2.08. The summed E-state index contributed by atoms with van der Waals surface area (Å²) < 4.78 is 29.3. The van der Waals surface area contributed by atoms with Crippen molar-refractivity contribution in [2.45, 2.75) is 51.8 Å². The van der Waals surface area contributed by atoms with Crippen LogP contribution in [0.3, 0.4) is 0 Å². The number of carbonyl (C=O) groups excluding carboxylic acids is 2. The van der Waals surface area contributed by atoms with E-state index in [1.807, 2.05) is 10.8 Å². The number of hydrogen-bond donors (Lipinski definition) is 3. The number of carbonyl (C=O) groups is 2. The van der Waals surface area contributed by atoms with Gasteiger partial charge in [0.05, 0.1) is 12.1 Å². The standard InChI is InChI=1S/C26H31F2N3O3/c1-4-5-8-31-15-22(16(2)32)21-7-6-18(12-24(21)31)26(34)30-23(25(33)14-29-3)11-17-9-19(27)13-20(28)10-17/h6-7,9-10,12-13,15,23,25,29,33H,4-5,8,11,14H2,1-3H3,(H,30,34)/t23-,25+/m0/s1. The first-order chi connectivity index (χ1) is 16.2. The zero-order chi connectivity index (χ0) is 24.8. The van der Waals surface area contributed by atoms with E-state index >= 15 is 0 Å². The Bertz CT molecular complexity index is 1160. The molecule has 34 heavy (non-hydrogen) atoms. The Morgan fingerprint density at radius 1 is 1.12 bits per heavy atom. The van der Waals surface area contributed by atoms with E-state index in [1.54, 1.807) is 25.2 Å². The molecule has 1 amide bonds. The molecular weight excluding hydrogens is 440 g/mol. The van der Waals surface area contributed by atoms with Crippen LogP contribution >= 0.6 is 0 Å². The molecule has 0 radical (unpaired) electrons. The summed E-state index contributed by atoms with van der Waals surface area (Å²) in [7, 11) is 1.66. The highest BCUT2D eigenvalue weighted by Crippen LogP contribution is 2.24. The highest BCUT2D eigenvalue weighted by atomic mass is 19.1. The molecule has 0 aliphatic rings. The van der Waals surface area contributed by atoms with Gasteiger partial charge in [-0.2, -0.15) is 0 Å². The summed E-state index contributed by atoms with van der Waals surface area (Å²) in [5.74, 6) is -1.91. The van der Waals surface area contributed by atoms with Crippen LogP contribution < -0.4 is 10.6 Å². The van der Waals surface area contributed by atoms with Crippen molar-refractivity contribution in [3.63, 3.8) is 0 Å². The second kappa shape index (κ2) is 11.4. The van der Waals surface area contributed by atoms with Crippen molar-refractivity contribution in [3.8, 4) is 0 Å². The van der Waals surface area contributed by atoms with Crippen LogP contribution in [0, 0.1) is 11.6 Å². The molecule has 3 aromatic rings. The van der Waals surface area contributed by atoms with Crippen LogP contribution in [0.15, 0.2) is 42.6 Å². The molecule has 182 valence electrons. The number of hydrogen-bond acceptors (Lipinski definition) is 4. The molecule has 3 rings (SSSR count). The van der Waals surface area contributed by atoms with Crippen molar-refractivity contribution >= 4 is 22.6 Å². The maximum absolute atomic E-state index is 13.7. The van der Waals surface area contributed by atoms with Crippen LogP contribution in [0.5, 0.6) is 0 Å². The van der Waals surface area contributed by atoms with Gasteiger partial charge in [0.1, 0.15) is 11.6 Å². The SMILES string of the molecule is CCCCn1cc(C(C)=O)c2ccc(C(=O)N[C@@H](Cc3cc(F)cc(F)c3)[C@H](O)CNC)cc21. The first kappa shape index (κ1) is 25.5. The molecule has 0 saturated heterocycles. The monoisotopic (exact) mass is 471 g/mol. The summed E-state index contributed by atoms with van der Waals surface area (Å²) in [6, 6.07) is 7.49. The van der Waals surface area contributed by atoms with Crippen molar-refractivity contribution in [3.05, 3.63) is 70.9 Å². The smallest absolute Gasteiger partial charge is 0.251 e. The van der Waals surface area contributed by atoms with Gasteiger partial charge in [-0.25, -0.2) is 8.78 Å². The van der Waals surface area contributed by atoms with Crippen LogP contribution in [0.4, 0.5) is 8.78 Å². The van der Waals surface area contributed by atoms with E-state index in [4.69, 9.17) is 0 Å². The lowest BCUT2D eigenvalue weighted by Crippen LogP contribution is -2.48. The molecule has 3 N–H and O–H groups in total. The van der Waals surface area contributed by atoms with E-state index in [2.05, 4.69) is 17.6 Å². The highest BCUT2D eigenvalue weighted by Gasteiger charge is 2.23. The van der Waals surface area contributed by atoms with Crippen molar-refractivity contribution < 1.29 is 23.5 Å². The minimum absolute atomic E-state index is 0.0463. The average molecular weight is 472 g/mol. The van der Waals surface area contributed by atoms with Gasteiger partial charge in [-0.1, -0.05) is 19.4 Å². The molecule has 1 heterocycles. The number of aliphatic hydroxyl groups is 1. The lowest BCUT2D eigenvalue weighted by Gasteiger charge is -2.24. The lowest BCUT2D eigenvalue weighted by molar-refractivity contribution is 0.0834. The van der Waals surface area contributed by atoms with Crippen LogP contribution in [0.25, 0.3) is 10.9 Å². The molecule has 0 spiro atoms. The third-order valence-electron chi connectivity index (χ3n) is 5.85. The van der Waals surface area contributed by atoms with Gasteiger partial charge in [0, 0.05) is 47.4 Å². The minimum atomic E-state index is -0.984. The Balaban J connectivity index is 1.90. The summed E-state index contributed by atoms with van der Waals surface area (Å²) in [4.78, 5) is 25.2. The van der Waals surface area contributed by atoms with Crippen molar-refractivity contribution in [1.29, 1.82) is 0 Å². The van der Waals surface area contributed by atoms with Crippen LogP contribution in [-0.4, -0.2) is 47.1 Å². The first-order valence-corrected chi connectivity index (χ1v) is 11.5. The quantitative estimate of drug-likeness (QED) is 0.371. The fourth-order valence-electron chi connectivity index (χ4n) is 4.10. The normalized spacial score (nSPS) is 13.1. The van der Waals surface area contributed by atoms with Gasteiger partial charge in [0.2, 0.25) is 0 Å². The van der Waals surface area contributed by atoms with E-state index in [9.17, 15) is 23.5 Å². The van der Waals surface area contributed by atoms with E-state index in [-0.39, 0.29) is 18.7 Å². The minimum Gasteiger partial charge on any atom is -0.390 e. The Hall–Kier alpha value is -3.10. The number of amides is 1. The summed E-state index contributed by atoms with van der Waals surface area (Å²) in [6.07, 6.45) is 2.80. The lowest BCUT2D eigenvalue weighted by atomic mass is 10.00. The van der Waals surface area contributed by atoms with Crippen molar-refractivity contribution in [2.24, 2.45) is 0 Å². The third kappa shape index (κ3) is 6.07. The fourth-order valence-corrected chi connectivity index (χ4v) is 4.10. The molecule has 0 saturated carbocycles.